The summed E-state index contributed by atoms with van der Waals surface area (Å²) < 4.78 is 92.5. The van der Waals surface area contributed by atoms with Crippen LogP contribution in [0.5, 0.6) is 0 Å². The van der Waals surface area contributed by atoms with Crippen LogP contribution in [-0.2, 0) is 6.18 Å². The van der Waals surface area contributed by atoms with E-state index in [2.05, 4.69) is 19.9 Å². The molecular weight excluding hydrogens is 421 g/mol. The minimum atomic E-state index is -4.71. The molecule has 2 saturated carbocycles. The van der Waals surface area contributed by atoms with Gasteiger partial charge in [-0.1, -0.05) is 6.07 Å². The van der Waals surface area contributed by atoms with Crippen LogP contribution in [0.2, 0.25) is 0 Å². The van der Waals surface area contributed by atoms with Gasteiger partial charge in [-0.05, 0) is 12.1 Å². The number of pyridine rings is 1. The Hall–Kier alpha value is -2.73. The van der Waals surface area contributed by atoms with Crippen LogP contribution in [-0.4, -0.2) is 43.9 Å². The van der Waals surface area contributed by atoms with Crippen LogP contribution >= 0.6 is 0 Å². The smallest absolute Gasteiger partial charge is 0.368 e. The normalized spacial score (nSPS) is 21.0. The summed E-state index contributed by atoms with van der Waals surface area (Å²) in [6, 6.07) is 1.47. The van der Waals surface area contributed by atoms with Crippen LogP contribution in [0.1, 0.15) is 31.4 Å². The monoisotopic (exact) mass is 436 g/mol. The number of nitrogen functional groups attached to an aromatic ring is 1. The SMILES string of the molecule is Nc1nc(-c2cccc(C(F)(F)F)n2)nc(N(C2CC(F)(F)C2)C2CC(F)(F)C2)n1. The Morgan fingerprint density at radius 2 is 1.43 bits per heavy atom. The summed E-state index contributed by atoms with van der Waals surface area (Å²) >= 11 is 0. The van der Waals surface area contributed by atoms with E-state index in [9.17, 15) is 30.7 Å². The molecule has 2 aliphatic carbocycles. The fraction of sp³-hybridized carbons (Fsp3) is 0.529. The molecule has 162 valence electrons. The molecule has 2 aliphatic rings. The van der Waals surface area contributed by atoms with E-state index in [1.807, 2.05) is 0 Å². The Morgan fingerprint density at radius 1 is 0.867 bits per heavy atom. The molecule has 4 rings (SSSR count). The lowest BCUT2D eigenvalue weighted by Gasteiger charge is -2.50. The number of nitrogens with zero attached hydrogens (tertiary/aromatic N) is 5. The molecule has 13 heteroatoms. The summed E-state index contributed by atoms with van der Waals surface area (Å²) in [5, 5.41) is 0. The lowest BCUT2D eigenvalue weighted by molar-refractivity contribution is -0.141. The molecule has 2 fully saturated rings. The zero-order valence-corrected chi connectivity index (χ0v) is 15.2. The molecule has 30 heavy (non-hydrogen) atoms. The fourth-order valence-electron chi connectivity index (χ4n) is 3.61. The van der Waals surface area contributed by atoms with Crippen molar-refractivity contribution < 1.29 is 30.7 Å². The third kappa shape index (κ3) is 3.97. The van der Waals surface area contributed by atoms with Crippen molar-refractivity contribution in [3.63, 3.8) is 0 Å². The van der Waals surface area contributed by atoms with Gasteiger partial charge in [0.1, 0.15) is 11.4 Å². The van der Waals surface area contributed by atoms with Crippen LogP contribution in [0.25, 0.3) is 11.5 Å². The first kappa shape index (κ1) is 20.5. The van der Waals surface area contributed by atoms with Gasteiger partial charge in [-0.25, -0.2) is 22.5 Å². The molecule has 2 heterocycles. The topological polar surface area (TPSA) is 80.8 Å². The van der Waals surface area contributed by atoms with Crippen molar-refractivity contribution in [1.29, 1.82) is 0 Å². The van der Waals surface area contributed by atoms with Gasteiger partial charge in [0.25, 0.3) is 11.8 Å². The van der Waals surface area contributed by atoms with Gasteiger partial charge in [-0.3, -0.25) is 0 Å². The Kier molecular flexibility index (Phi) is 4.54. The lowest BCUT2D eigenvalue weighted by atomic mass is 9.80. The second-order valence-corrected chi connectivity index (χ2v) is 7.47. The number of alkyl halides is 7. The van der Waals surface area contributed by atoms with E-state index in [1.165, 1.54) is 11.0 Å². The quantitative estimate of drug-likeness (QED) is 0.732. The van der Waals surface area contributed by atoms with Gasteiger partial charge in [0, 0.05) is 37.8 Å². The highest BCUT2D eigenvalue weighted by Gasteiger charge is 2.55. The van der Waals surface area contributed by atoms with Crippen molar-refractivity contribution >= 4 is 11.9 Å². The number of anilines is 2. The van der Waals surface area contributed by atoms with E-state index in [0.29, 0.717) is 0 Å². The summed E-state index contributed by atoms with van der Waals surface area (Å²) in [6.45, 7) is 0. The van der Waals surface area contributed by atoms with E-state index < -0.39 is 67.4 Å². The van der Waals surface area contributed by atoms with Crippen LogP contribution in [0.3, 0.4) is 0 Å². The molecule has 0 unspecified atom stereocenters. The first-order valence-electron chi connectivity index (χ1n) is 8.93. The van der Waals surface area contributed by atoms with Gasteiger partial charge in [0.05, 0.1) is 0 Å². The van der Waals surface area contributed by atoms with E-state index in [-0.39, 0.29) is 17.5 Å². The number of hydrogen-bond donors (Lipinski definition) is 1. The third-order valence-electron chi connectivity index (χ3n) is 5.06. The van der Waals surface area contributed by atoms with Crippen molar-refractivity contribution in [3.05, 3.63) is 23.9 Å². The molecule has 0 atom stereocenters. The minimum absolute atomic E-state index is 0.238. The molecule has 2 N–H and O–H groups in total. The number of halogens is 7. The van der Waals surface area contributed by atoms with E-state index >= 15 is 0 Å². The summed E-state index contributed by atoms with van der Waals surface area (Å²) in [5.41, 5.74) is 4.20. The summed E-state index contributed by atoms with van der Waals surface area (Å²) in [7, 11) is 0. The van der Waals surface area contributed by atoms with Crippen molar-refractivity contribution in [2.75, 3.05) is 10.6 Å². The predicted octanol–water partition coefficient (Wildman–Crippen LogP) is 3.94. The van der Waals surface area contributed by atoms with Crippen molar-refractivity contribution in [1.82, 2.24) is 19.9 Å². The average molecular weight is 436 g/mol. The fourth-order valence-corrected chi connectivity index (χ4v) is 3.61. The Morgan fingerprint density at radius 3 is 1.93 bits per heavy atom. The largest absolute Gasteiger partial charge is 0.433 e. The maximum absolute atomic E-state index is 13.4. The van der Waals surface area contributed by atoms with Gasteiger partial charge >= 0.3 is 6.18 Å². The third-order valence-corrected chi connectivity index (χ3v) is 5.06. The number of nitrogens with two attached hydrogens (primary N) is 1. The van der Waals surface area contributed by atoms with Gasteiger partial charge < -0.3 is 10.6 Å². The second-order valence-electron chi connectivity index (χ2n) is 7.47. The molecule has 0 bridgehead atoms. The van der Waals surface area contributed by atoms with Gasteiger partial charge in [0.2, 0.25) is 11.9 Å². The molecule has 6 nitrogen and oxygen atoms in total. The van der Waals surface area contributed by atoms with Crippen molar-refractivity contribution in [2.24, 2.45) is 0 Å². The van der Waals surface area contributed by atoms with Crippen molar-refractivity contribution in [2.45, 2.75) is 55.8 Å². The molecule has 0 aromatic carbocycles. The number of hydrogen-bond acceptors (Lipinski definition) is 6. The molecule has 0 radical (unpaired) electrons. The molecular formula is C17H15F7N6. The first-order chi connectivity index (χ1) is 13.8. The minimum Gasteiger partial charge on any atom is -0.368 e. The highest BCUT2D eigenvalue weighted by Crippen LogP contribution is 2.48. The van der Waals surface area contributed by atoms with E-state index in [1.54, 1.807) is 0 Å². The van der Waals surface area contributed by atoms with Crippen LogP contribution in [0.4, 0.5) is 42.6 Å². The molecule has 2 aromatic heterocycles. The molecule has 0 aliphatic heterocycles. The number of aromatic nitrogens is 4. The Labute approximate surface area is 165 Å². The maximum atomic E-state index is 13.4. The van der Waals surface area contributed by atoms with E-state index in [4.69, 9.17) is 5.73 Å². The standard InChI is InChI=1S/C17H15F7N6/c18-15(19)4-8(5-15)30(9-6-16(20,21)7-9)14-28-12(27-13(25)29-14)10-2-1-3-11(26-10)17(22,23)24/h1-3,8-9H,4-7H2,(H2,25,27,28,29). The van der Waals surface area contributed by atoms with Gasteiger partial charge in [0.15, 0.2) is 5.82 Å². The molecule has 0 saturated heterocycles. The maximum Gasteiger partial charge on any atom is 0.433 e. The number of rotatable bonds is 4. The zero-order valence-electron chi connectivity index (χ0n) is 15.2. The lowest BCUT2D eigenvalue weighted by Crippen LogP contribution is -2.60. The average Bonchev–Trinajstić information content (AvgIpc) is 2.58. The summed E-state index contributed by atoms with van der Waals surface area (Å²) in [4.78, 5) is 16.4. The Balaban J connectivity index is 1.70. The summed E-state index contributed by atoms with van der Waals surface area (Å²) in [5.74, 6) is -6.81. The highest BCUT2D eigenvalue weighted by atomic mass is 19.4. The zero-order chi connectivity index (χ0) is 21.9. The van der Waals surface area contributed by atoms with Crippen LogP contribution < -0.4 is 10.6 Å². The van der Waals surface area contributed by atoms with Gasteiger partial charge in [-0.15, -0.1) is 0 Å². The van der Waals surface area contributed by atoms with Crippen LogP contribution in [0.15, 0.2) is 18.2 Å². The second kappa shape index (κ2) is 6.64. The molecule has 0 amide bonds. The van der Waals surface area contributed by atoms with Crippen molar-refractivity contribution in [3.8, 4) is 11.5 Å². The molecule has 2 aromatic rings. The summed E-state index contributed by atoms with van der Waals surface area (Å²) in [6.07, 6.45) is -7.00. The van der Waals surface area contributed by atoms with Crippen LogP contribution in [0, 0.1) is 0 Å². The van der Waals surface area contributed by atoms with Gasteiger partial charge in [-0.2, -0.15) is 28.1 Å². The Bertz CT molecular complexity index is 924. The molecule has 0 spiro atoms. The first-order valence-corrected chi connectivity index (χ1v) is 8.93. The predicted molar refractivity (Wildman–Crippen MR) is 90.9 cm³/mol. The highest BCUT2D eigenvalue weighted by molar-refractivity contribution is 5.54. The van der Waals surface area contributed by atoms with E-state index in [0.717, 1.165) is 12.1 Å².